The maximum atomic E-state index is 12.9. The van der Waals surface area contributed by atoms with Gasteiger partial charge in [0.15, 0.2) is 6.29 Å². The number of hydrogen-bond donors (Lipinski definition) is 6. The van der Waals surface area contributed by atoms with Crippen molar-refractivity contribution in [2.45, 2.75) is 224 Å². The van der Waals surface area contributed by atoms with Crippen LogP contribution in [0.1, 0.15) is 181 Å². The van der Waals surface area contributed by atoms with Crippen LogP contribution in [0, 0.1) is 0 Å². The fourth-order valence-electron chi connectivity index (χ4n) is 6.56. The first-order chi connectivity index (χ1) is 24.8. The molecular weight excluding hydrogens is 646 g/mol. The van der Waals surface area contributed by atoms with Crippen molar-refractivity contribution in [3.63, 3.8) is 0 Å². The second-order valence-corrected chi connectivity index (χ2v) is 14.8. The SMILES string of the molecule is CCCCCCCC/C=C\CCCCCCCC(=O)NC(CO[C@@H]1O[C@H](CO)[C@H](O)[C@H](O)[C@H]1O)C(O)/C=C\CCCCCCCCCCCCC. The van der Waals surface area contributed by atoms with Gasteiger partial charge in [0.1, 0.15) is 24.4 Å². The second-order valence-electron chi connectivity index (χ2n) is 14.8. The fraction of sp³-hybridized carbons (Fsp3) is 0.881. The van der Waals surface area contributed by atoms with Crippen molar-refractivity contribution in [2.75, 3.05) is 13.2 Å². The highest BCUT2D eigenvalue weighted by molar-refractivity contribution is 5.76. The summed E-state index contributed by atoms with van der Waals surface area (Å²) in [6, 6.07) is -0.804. The Balaban J connectivity index is 2.42. The molecule has 0 bridgehead atoms. The molecule has 1 aliphatic rings. The van der Waals surface area contributed by atoms with Gasteiger partial charge in [0.05, 0.1) is 25.4 Å². The third kappa shape index (κ3) is 24.6. The number of aliphatic hydroxyl groups is 5. The highest BCUT2D eigenvalue weighted by atomic mass is 16.7. The first-order valence-electron chi connectivity index (χ1n) is 21.1. The van der Waals surface area contributed by atoms with Crippen molar-refractivity contribution in [1.29, 1.82) is 0 Å². The molecule has 9 nitrogen and oxygen atoms in total. The number of ether oxygens (including phenoxy) is 2. The fourth-order valence-corrected chi connectivity index (χ4v) is 6.56. The van der Waals surface area contributed by atoms with Crippen molar-refractivity contribution in [3.8, 4) is 0 Å². The Bertz CT molecular complexity index is 853. The van der Waals surface area contributed by atoms with Gasteiger partial charge in [0.25, 0.3) is 0 Å². The summed E-state index contributed by atoms with van der Waals surface area (Å²) in [6.45, 7) is 3.74. The van der Waals surface area contributed by atoms with Crippen molar-refractivity contribution < 1.29 is 39.8 Å². The molecule has 1 fully saturated rings. The minimum absolute atomic E-state index is 0.187. The Morgan fingerprint density at radius 3 is 1.59 bits per heavy atom. The molecule has 0 aliphatic carbocycles. The first kappa shape index (κ1) is 47.7. The molecular formula is C42H79NO8. The summed E-state index contributed by atoms with van der Waals surface area (Å²) in [5.74, 6) is -0.187. The van der Waals surface area contributed by atoms with Crippen molar-refractivity contribution >= 4 is 5.91 Å². The highest BCUT2D eigenvalue weighted by Gasteiger charge is 2.44. The third-order valence-electron chi connectivity index (χ3n) is 10.0. The van der Waals surface area contributed by atoms with Gasteiger partial charge in [0.2, 0.25) is 5.91 Å². The Morgan fingerprint density at radius 1 is 0.647 bits per heavy atom. The quantitative estimate of drug-likeness (QED) is 0.0289. The summed E-state index contributed by atoms with van der Waals surface area (Å²) in [6.07, 6.45) is 30.7. The third-order valence-corrected chi connectivity index (χ3v) is 10.0. The van der Waals surface area contributed by atoms with Crippen LogP contribution >= 0.6 is 0 Å². The number of carbonyl (C=O) groups excluding carboxylic acids is 1. The molecule has 300 valence electrons. The van der Waals surface area contributed by atoms with E-state index in [1.807, 2.05) is 6.08 Å². The lowest BCUT2D eigenvalue weighted by Gasteiger charge is -2.40. The van der Waals surface area contributed by atoms with Crippen LogP contribution in [0.15, 0.2) is 24.3 Å². The van der Waals surface area contributed by atoms with Crippen LogP contribution in [0.3, 0.4) is 0 Å². The molecule has 1 saturated heterocycles. The predicted octanol–water partition coefficient (Wildman–Crippen LogP) is 7.94. The van der Waals surface area contributed by atoms with E-state index < -0.39 is 49.5 Å². The molecule has 51 heavy (non-hydrogen) atoms. The molecule has 7 atom stereocenters. The van der Waals surface area contributed by atoms with Crippen molar-refractivity contribution in [3.05, 3.63) is 24.3 Å². The summed E-state index contributed by atoms with van der Waals surface area (Å²) >= 11 is 0. The van der Waals surface area contributed by atoms with Gasteiger partial charge in [-0.25, -0.2) is 0 Å². The van der Waals surface area contributed by atoms with E-state index in [0.29, 0.717) is 6.42 Å². The van der Waals surface area contributed by atoms with Crippen LogP contribution in [-0.4, -0.2) is 87.5 Å². The lowest BCUT2D eigenvalue weighted by molar-refractivity contribution is -0.302. The van der Waals surface area contributed by atoms with E-state index in [0.717, 1.165) is 57.8 Å². The van der Waals surface area contributed by atoms with Gasteiger partial charge in [-0.05, 0) is 44.9 Å². The Hall–Kier alpha value is -1.33. The molecule has 1 heterocycles. The van der Waals surface area contributed by atoms with Crippen LogP contribution in [0.25, 0.3) is 0 Å². The summed E-state index contributed by atoms with van der Waals surface area (Å²) < 4.78 is 11.2. The molecule has 6 N–H and O–H groups in total. The molecule has 2 unspecified atom stereocenters. The van der Waals surface area contributed by atoms with Gasteiger partial charge < -0.3 is 40.3 Å². The van der Waals surface area contributed by atoms with E-state index in [9.17, 15) is 30.3 Å². The Labute approximate surface area is 311 Å². The van der Waals surface area contributed by atoms with E-state index in [-0.39, 0.29) is 12.5 Å². The Morgan fingerprint density at radius 2 is 1.10 bits per heavy atom. The van der Waals surface area contributed by atoms with Gasteiger partial charge >= 0.3 is 0 Å². The smallest absolute Gasteiger partial charge is 0.220 e. The molecule has 0 aromatic heterocycles. The maximum Gasteiger partial charge on any atom is 0.220 e. The largest absolute Gasteiger partial charge is 0.394 e. The van der Waals surface area contributed by atoms with E-state index >= 15 is 0 Å². The summed E-state index contributed by atoms with van der Waals surface area (Å²) in [5.41, 5.74) is 0. The predicted molar refractivity (Wildman–Crippen MR) is 207 cm³/mol. The van der Waals surface area contributed by atoms with E-state index in [1.165, 1.54) is 103 Å². The summed E-state index contributed by atoms with van der Waals surface area (Å²) in [7, 11) is 0. The number of unbranched alkanes of at least 4 members (excludes halogenated alkanes) is 22. The number of rotatable bonds is 34. The van der Waals surface area contributed by atoms with E-state index in [2.05, 4.69) is 31.3 Å². The van der Waals surface area contributed by atoms with Crippen LogP contribution in [0.2, 0.25) is 0 Å². The number of allylic oxidation sites excluding steroid dienone is 3. The van der Waals surface area contributed by atoms with Gasteiger partial charge in [0, 0.05) is 6.42 Å². The van der Waals surface area contributed by atoms with Gasteiger partial charge in [-0.2, -0.15) is 0 Å². The molecule has 0 radical (unpaired) electrons. The highest BCUT2D eigenvalue weighted by Crippen LogP contribution is 2.22. The number of aliphatic hydroxyl groups excluding tert-OH is 5. The normalized spacial score (nSPS) is 22.2. The molecule has 1 aliphatic heterocycles. The van der Waals surface area contributed by atoms with Crippen LogP contribution in [0.5, 0.6) is 0 Å². The van der Waals surface area contributed by atoms with Crippen LogP contribution in [0.4, 0.5) is 0 Å². The summed E-state index contributed by atoms with van der Waals surface area (Å²) in [4.78, 5) is 12.9. The minimum Gasteiger partial charge on any atom is -0.394 e. The molecule has 9 heteroatoms. The number of hydrogen-bond acceptors (Lipinski definition) is 8. The number of carbonyl (C=O) groups is 1. The Kier molecular flexibility index (Phi) is 31.1. The van der Waals surface area contributed by atoms with Crippen molar-refractivity contribution in [2.24, 2.45) is 0 Å². The lowest BCUT2D eigenvalue weighted by Crippen LogP contribution is -2.60. The number of nitrogens with one attached hydrogen (secondary N) is 1. The average molecular weight is 726 g/mol. The summed E-state index contributed by atoms with van der Waals surface area (Å²) in [5, 5.41) is 54.0. The molecule has 0 saturated carbocycles. The first-order valence-corrected chi connectivity index (χ1v) is 21.1. The zero-order chi connectivity index (χ0) is 37.4. The van der Waals surface area contributed by atoms with E-state index in [1.54, 1.807) is 6.08 Å². The number of amides is 1. The van der Waals surface area contributed by atoms with E-state index in [4.69, 9.17) is 9.47 Å². The molecule has 0 aromatic carbocycles. The lowest BCUT2D eigenvalue weighted by atomic mass is 9.99. The van der Waals surface area contributed by atoms with Gasteiger partial charge in [-0.3, -0.25) is 4.79 Å². The minimum atomic E-state index is -1.56. The maximum absolute atomic E-state index is 12.9. The molecule has 1 rings (SSSR count). The molecule has 0 spiro atoms. The van der Waals surface area contributed by atoms with Crippen molar-refractivity contribution in [1.82, 2.24) is 5.32 Å². The van der Waals surface area contributed by atoms with Crippen LogP contribution in [-0.2, 0) is 14.3 Å². The zero-order valence-electron chi connectivity index (χ0n) is 32.6. The molecule has 1 amide bonds. The van der Waals surface area contributed by atoms with Gasteiger partial charge in [-0.15, -0.1) is 0 Å². The van der Waals surface area contributed by atoms with Gasteiger partial charge in [-0.1, -0.05) is 154 Å². The van der Waals surface area contributed by atoms with Crippen LogP contribution < -0.4 is 5.32 Å². The topological polar surface area (TPSA) is 149 Å². The monoisotopic (exact) mass is 726 g/mol. The standard InChI is InChI=1S/C42H79NO8/c1-3-5-7-9-11-13-15-17-18-20-22-24-26-28-30-32-38(46)43-35(34-50-42-41(49)40(48)39(47)37(33-44)51-42)36(45)31-29-27-25-23-21-19-16-14-12-10-8-6-4-2/h17-18,29,31,35-37,39-42,44-45,47-49H,3-16,19-28,30,32-34H2,1-2H3,(H,43,46)/b18-17-,31-29-/t35?,36?,37-,39+,40+,41-,42-/m1/s1. The average Bonchev–Trinajstić information content (AvgIpc) is 3.13. The second kappa shape index (κ2) is 33.3. The molecule has 0 aromatic rings. The zero-order valence-corrected chi connectivity index (χ0v) is 32.6.